The van der Waals surface area contributed by atoms with Crippen molar-refractivity contribution in [3.8, 4) is 0 Å². The first-order valence-corrected chi connectivity index (χ1v) is 10.0. The van der Waals surface area contributed by atoms with Gasteiger partial charge in [-0.25, -0.2) is 13.1 Å². The molecule has 1 amide bonds. The van der Waals surface area contributed by atoms with Crippen molar-refractivity contribution >= 4 is 21.6 Å². The second-order valence-electron chi connectivity index (χ2n) is 7.61. The molecule has 0 saturated carbocycles. The van der Waals surface area contributed by atoms with Crippen molar-refractivity contribution in [1.82, 2.24) is 4.72 Å². The largest absolute Gasteiger partial charge is 0.322 e. The molecule has 0 radical (unpaired) electrons. The van der Waals surface area contributed by atoms with Gasteiger partial charge in [0.05, 0.1) is 4.90 Å². The van der Waals surface area contributed by atoms with Crippen LogP contribution in [0.3, 0.4) is 0 Å². The normalized spacial score (nSPS) is 12.2. The number of sulfonamides is 1. The Morgan fingerprint density at radius 2 is 1.62 bits per heavy atom. The number of nitrogens with one attached hydrogen (secondary N) is 2. The Hall–Kier alpha value is -2.18. The van der Waals surface area contributed by atoms with E-state index in [-0.39, 0.29) is 10.8 Å². The van der Waals surface area contributed by atoms with Crippen LogP contribution < -0.4 is 10.0 Å². The molecule has 6 heteroatoms. The molecule has 26 heavy (non-hydrogen) atoms. The molecule has 0 spiro atoms. The van der Waals surface area contributed by atoms with Gasteiger partial charge >= 0.3 is 0 Å². The predicted octanol–water partition coefficient (Wildman–Crippen LogP) is 4.14. The smallest absolute Gasteiger partial charge is 0.255 e. The first-order valence-electron chi connectivity index (χ1n) is 8.53. The summed E-state index contributed by atoms with van der Waals surface area (Å²) in [5, 5.41) is 2.75. The van der Waals surface area contributed by atoms with E-state index in [4.69, 9.17) is 0 Å². The van der Waals surface area contributed by atoms with Gasteiger partial charge in [-0.1, -0.05) is 32.0 Å². The van der Waals surface area contributed by atoms with E-state index in [9.17, 15) is 13.2 Å². The molecule has 0 bridgehead atoms. The van der Waals surface area contributed by atoms with Crippen LogP contribution in [0.2, 0.25) is 0 Å². The summed E-state index contributed by atoms with van der Waals surface area (Å²) in [5.74, 6) is 0.114. The lowest BCUT2D eigenvalue weighted by Gasteiger charge is -2.20. The lowest BCUT2D eigenvalue weighted by Crippen LogP contribution is -2.40. The number of hydrogen-bond donors (Lipinski definition) is 2. The highest BCUT2D eigenvalue weighted by atomic mass is 32.2. The minimum Gasteiger partial charge on any atom is -0.322 e. The third-order valence-corrected chi connectivity index (χ3v) is 5.44. The first kappa shape index (κ1) is 20.1. The molecule has 0 saturated heterocycles. The third-order valence-electron chi connectivity index (χ3n) is 3.68. The zero-order chi connectivity index (χ0) is 19.5. The average Bonchev–Trinajstić information content (AvgIpc) is 2.53. The van der Waals surface area contributed by atoms with Crippen LogP contribution in [0.5, 0.6) is 0 Å². The van der Waals surface area contributed by atoms with Gasteiger partial charge in [-0.3, -0.25) is 4.79 Å². The molecule has 0 aromatic heterocycles. The maximum absolute atomic E-state index is 12.4. The number of carbonyl (C=O) groups excluding carboxylic acids is 1. The quantitative estimate of drug-likeness (QED) is 0.826. The molecule has 2 N–H and O–H groups in total. The van der Waals surface area contributed by atoms with Crippen molar-refractivity contribution in [2.45, 2.75) is 51.0 Å². The number of benzene rings is 2. The number of rotatable bonds is 5. The SMILES string of the molecule is CC(C)c1ccc(C(=O)Nc2cccc(S(=O)(=O)NC(C)(C)C)c2)cc1. The Kier molecular flexibility index (Phi) is 5.88. The van der Waals surface area contributed by atoms with Crippen molar-refractivity contribution in [2.24, 2.45) is 0 Å². The van der Waals surface area contributed by atoms with E-state index in [1.165, 1.54) is 12.1 Å². The fraction of sp³-hybridized carbons (Fsp3) is 0.350. The molecule has 0 aliphatic rings. The maximum Gasteiger partial charge on any atom is 0.255 e. The molecule has 0 unspecified atom stereocenters. The van der Waals surface area contributed by atoms with E-state index in [1.807, 2.05) is 12.1 Å². The summed E-state index contributed by atoms with van der Waals surface area (Å²) in [4.78, 5) is 12.5. The van der Waals surface area contributed by atoms with Gasteiger partial charge in [0.1, 0.15) is 0 Å². The van der Waals surface area contributed by atoms with Crippen LogP contribution in [0.1, 0.15) is 56.5 Å². The van der Waals surface area contributed by atoms with Gasteiger partial charge in [0.25, 0.3) is 5.91 Å². The minimum atomic E-state index is -3.66. The van der Waals surface area contributed by atoms with E-state index >= 15 is 0 Å². The highest BCUT2D eigenvalue weighted by Crippen LogP contribution is 2.19. The zero-order valence-corrected chi connectivity index (χ0v) is 16.6. The number of anilines is 1. The van der Waals surface area contributed by atoms with Crippen molar-refractivity contribution in [2.75, 3.05) is 5.32 Å². The van der Waals surface area contributed by atoms with Gasteiger partial charge < -0.3 is 5.32 Å². The summed E-state index contributed by atoms with van der Waals surface area (Å²) in [5.41, 5.74) is 1.52. The topological polar surface area (TPSA) is 75.3 Å². The molecule has 2 aromatic rings. The van der Waals surface area contributed by atoms with Gasteiger partial charge in [0.2, 0.25) is 10.0 Å². The lowest BCUT2D eigenvalue weighted by molar-refractivity contribution is 0.102. The number of carbonyl (C=O) groups is 1. The Labute approximate surface area is 155 Å². The average molecular weight is 375 g/mol. The molecule has 2 aromatic carbocycles. The Bertz CT molecular complexity index is 880. The molecule has 0 atom stereocenters. The molecule has 140 valence electrons. The van der Waals surface area contributed by atoms with E-state index in [2.05, 4.69) is 23.9 Å². The predicted molar refractivity (Wildman–Crippen MR) is 105 cm³/mol. The Morgan fingerprint density at radius 3 is 2.15 bits per heavy atom. The van der Waals surface area contributed by atoms with Crippen LogP contribution in [-0.2, 0) is 10.0 Å². The molecule has 2 rings (SSSR count). The number of amides is 1. The molecule has 0 aliphatic carbocycles. The number of hydrogen-bond acceptors (Lipinski definition) is 3. The van der Waals surface area contributed by atoms with E-state index in [0.717, 1.165) is 5.56 Å². The third kappa shape index (κ3) is 5.41. The molecular weight excluding hydrogens is 348 g/mol. The summed E-state index contributed by atoms with van der Waals surface area (Å²) >= 11 is 0. The Balaban J connectivity index is 2.19. The van der Waals surface area contributed by atoms with E-state index in [1.54, 1.807) is 45.0 Å². The van der Waals surface area contributed by atoms with E-state index in [0.29, 0.717) is 17.2 Å². The van der Waals surface area contributed by atoms with Gasteiger partial charge in [-0.15, -0.1) is 0 Å². The lowest BCUT2D eigenvalue weighted by atomic mass is 10.0. The van der Waals surface area contributed by atoms with Gasteiger partial charge in [0, 0.05) is 16.8 Å². The van der Waals surface area contributed by atoms with Crippen LogP contribution in [0.15, 0.2) is 53.4 Å². The molecule has 0 fully saturated rings. The second kappa shape index (κ2) is 7.60. The van der Waals surface area contributed by atoms with Crippen molar-refractivity contribution in [3.63, 3.8) is 0 Å². The van der Waals surface area contributed by atoms with Crippen LogP contribution in [0.4, 0.5) is 5.69 Å². The minimum absolute atomic E-state index is 0.111. The van der Waals surface area contributed by atoms with Crippen molar-refractivity contribution in [3.05, 3.63) is 59.7 Å². The monoisotopic (exact) mass is 374 g/mol. The fourth-order valence-corrected chi connectivity index (χ4v) is 3.89. The highest BCUT2D eigenvalue weighted by Gasteiger charge is 2.22. The molecule has 5 nitrogen and oxygen atoms in total. The zero-order valence-electron chi connectivity index (χ0n) is 15.8. The molecule has 0 aliphatic heterocycles. The summed E-state index contributed by atoms with van der Waals surface area (Å²) in [6, 6.07) is 13.6. The van der Waals surface area contributed by atoms with Gasteiger partial charge in [-0.05, 0) is 62.6 Å². The van der Waals surface area contributed by atoms with Gasteiger partial charge in [0.15, 0.2) is 0 Å². The summed E-state index contributed by atoms with van der Waals surface area (Å²) < 4.78 is 27.5. The highest BCUT2D eigenvalue weighted by molar-refractivity contribution is 7.89. The van der Waals surface area contributed by atoms with E-state index < -0.39 is 15.6 Å². The summed E-state index contributed by atoms with van der Waals surface area (Å²) in [6.07, 6.45) is 0. The van der Waals surface area contributed by atoms with Crippen LogP contribution >= 0.6 is 0 Å². The van der Waals surface area contributed by atoms with Crippen LogP contribution in [0, 0.1) is 0 Å². The molecular formula is C20H26N2O3S. The standard InChI is InChI=1S/C20H26N2O3S/c1-14(2)15-9-11-16(12-10-15)19(23)21-17-7-6-8-18(13-17)26(24,25)22-20(3,4)5/h6-14,22H,1-5H3,(H,21,23). The van der Waals surface area contributed by atoms with Crippen molar-refractivity contribution < 1.29 is 13.2 Å². The summed E-state index contributed by atoms with van der Waals surface area (Å²) in [6.45, 7) is 9.50. The van der Waals surface area contributed by atoms with Crippen molar-refractivity contribution in [1.29, 1.82) is 0 Å². The Morgan fingerprint density at radius 1 is 1.00 bits per heavy atom. The fourth-order valence-electron chi connectivity index (χ4n) is 2.43. The summed E-state index contributed by atoms with van der Waals surface area (Å²) in [7, 11) is -3.66. The second-order valence-corrected chi connectivity index (χ2v) is 9.30. The molecule has 0 heterocycles. The first-order chi connectivity index (χ1) is 12.0. The van der Waals surface area contributed by atoms with Gasteiger partial charge in [-0.2, -0.15) is 0 Å². The van der Waals surface area contributed by atoms with Crippen LogP contribution in [-0.4, -0.2) is 19.9 Å². The van der Waals surface area contributed by atoms with Crippen LogP contribution in [0.25, 0.3) is 0 Å². The maximum atomic E-state index is 12.4.